The zero-order valence-electron chi connectivity index (χ0n) is 16.5. The van der Waals surface area contributed by atoms with E-state index in [1.807, 2.05) is 47.4 Å². The molecule has 0 unspecified atom stereocenters. The van der Waals surface area contributed by atoms with Crippen LogP contribution in [0, 0.1) is 0 Å². The number of ether oxygens (including phenoxy) is 1. The topological polar surface area (TPSA) is 56.2 Å². The Kier molecular flexibility index (Phi) is 7.28. The number of hydrogen-bond acceptors (Lipinski definition) is 5. The van der Waals surface area contributed by atoms with Gasteiger partial charge in [0.1, 0.15) is 5.75 Å². The number of aromatic hydroxyl groups is 1. The second-order valence-corrected chi connectivity index (χ2v) is 7.07. The molecule has 0 radical (unpaired) electrons. The Morgan fingerprint density at radius 3 is 2.36 bits per heavy atom. The van der Waals surface area contributed by atoms with Gasteiger partial charge in [0.05, 0.1) is 13.2 Å². The van der Waals surface area contributed by atoms with Crippen molar-refractivity contribution in [2.24, 2.45) is 0 Å². The van der Waals surface area contributed by atoms with Crippen molar-refractivity contribution in [3.8, 4) is 5.75 Å². The molecular weight excluding hydrogens is 354 g/mol. The largest absolute Gasteiger partial charge is 0.508 e. The third-order valence-electron chi connectivity index (χ3n) is 5.08. The van der Waals surface area contributed by atoms with E-state index in [1.54, 1.807) is 19.2 Å². The number of phenolic OH excluding ortho intramolecular Hbond substituents is 1. The smallest absolute Gasteiger partial charge is 0.237 e. The lowest BCUT2D eigenvalue weighted by molar-refractivity contribution is -0.133. The van der Waals surface area contributed by atoms with E-state index < -0.39 is 0 Å². The second kappa shape index (κ2) is 10.1. The molecule has 0 saturated carbocycles. The number of methoxy groups -OCH3 is 1. The summed E-state index contributed by atoms with van der Waals surface area (Å²) < 4.78 is 5.19. The van der Waals surface area contributed by atoms with Crippen LogP contribution in [-0.2, 0) is 16.1 Å². The lowest BCUT2D eigenvalue weighted by atomic mass is 10.2. The first-order valence-corrected chi connectivity index (χ1v) is 9.72. The number of benzene rings is 2. The highest BCUT2D eigenvalue weighted by molar-refractivity contribution is 5.78. The molecule has 0 atom stereocenters. The molecule has 1 aliphatic heterocycles. The van der Waals surface area contributed by atoms with Crippen molar-refractivity contribution in [3.05, 3.63) is 60.2 Å². The van der Waals surface area contributed by atoms with E-state index >= 15 is 0 Å². The van der Waals surface area contributed by atoms with Gasteiger partial charge in [-0.3, -0.25) is 9.69 Å². The van der Waals surface area contributed by atoms with E-state index in [2.05, 4.69) is 9.80 Å². The highest BCUT2D eigenvalue weighted by atomic mass is 16.5. The van der Waals surface area contributed by atoms with Crippen molar-refractivity contribution in [2.45, 2.75) is 6.54 Å². The van der Waals surface area contributed by atoms with E-state index in [-0.39, 0.29) is 11.7 Å². The van der Waals surface area contributed by atoms with Crippen LogP contribution in [0.15, 0.2) is 54.6 Å². The maximum absolute atomic E-state index is 12.9. The first kappa shape index (κ1) is 20.2. The van der Waals surface area contributed by atoms with E-state index in [9.17, 15) is 9.90 Å². The monoisotopic (exact) mass is 383 g/mol. The summed E-state index contributed by atoms with van der Waals surface area (Å²) in [6.45, 7) is 5.59. The zero-order valence-corrected chi connectivity index (χ0v) is 16.5. The van der Waals surface area contributed by atoms with Gasteiger partial charge in [-0.15, -0.1) is 0 Å². The molecule has 1 heterocycles. The average Bonchev–Trinajstić information content (AvgIpc) is 2.73. The van der Waals surface area contributed by atoms with E-state index in [0.29, 0.717) is 26.2 Å². The molecule has 1 amide bonds. The molecule has 0 aliphatic carbocycles. The Morgan fingerprint density at radius 1 is 1.04 bits per heavy atom. The van der Waals surface area contributed by atoms with Crippen LogP contribution in [0.4, 0.5) is 5.69 Å². The van der Waals surface area contributed by atoms with Gasteiger partial charge in [-0.2, -0.15) is 0 Å². The fourth-order valence-electron chi connectivity index (χ4n) is 3.42. The zero-order chi connectivity index (χ0) is 19.8. The average molecular weight is 383 g/mol. The molecule has 1 N–H and O–H groups in total. The third-order valence-corrected chi connectivity index (χ3v) is 5.08. The van der Waals surface area contributed by atoms with Crippen molar-refractivity contribution in [1.82, 2.24) is 9.80 Å². The fraction of sp³-hybridized carbons (Fsp3) is 0.409. The van der Waals surface area contributed by atoms with E-state index in [0.717, 1.165) is 37.4 Å². The van der Waals surface area contributed by atoms with Crippen molar-refractivity contribution in [3.63, 3.8) is 0 Å². The standard InChI is InChI=1S/C22H29N3O3/c1-28-16-15-25(17-19-5-3-2-4-6-19)22(27)18-23-11-13-24(14-12-23)20-7-9-21(26)10-8-20/h2-10,26H,11-18H2,1H3. The summed E-state index contributed by atoms with van der Waals surface area (Å²) >= 11 is 0. The highest BCUT2D eigenvalue weighted by Gasteiger charge is 2.22. The van der Waals surface area contributed by atoms with Crippen LogP contribution in [-0.4, -0.2) is 73.8 Å². The third kappa shape index (κ3) is 5.71. The van der Waals surface area contributed by atoms with Crippen molar-refractivity contribution in [2.75, 3.05) is 57.9 Å². The number of hydrogen-bond donors (Lipinski definition) is 1. The molecule has 2 aromatic rings. The molecule has 1 saturated heterocycles. The van der Waals surface area contributed by atoms with Crippen LogP contribution in [0.3, 0.4) is 0 Å². The van der Waals surface area contributed by atoms with Gasteiger partial charge in [0.2, 0.25) is 5.91 Å². The Balaban J connectivity index is 1.52. The summed E-state index contributed by atoms with van der Waals surface area (Å²) in [5.74, 6) is 0.418. The van der Waals surface area contributed by atoms with Gasteiger partial charge < -0.3 is 19.6 Å². The van der Waals surface area contributed by atoms with E-state index in [1.165, 1.54) is 0 Å². The molecule has 0 bridgehead atoms. The summed E-state index contributed by atoms with van der Waals surface area (Å²) in [6, 6.07) is 17.4. The predicted octanol–water partition coefficient (Wildman–Crippen LogP) is 2.19. The van der Waals surface area contributed by atoms with Crippen molar-refractivity contribution >= 4 is 11.6 Å². The minimum atomic E-state index is 0.138. The molecule has 0 aromatic heterocycles. The molecule has 150 valence electrons. The lowest BCUT2D eigenvalue weighted by Gasteiger charge is -2.36. The van der Waals surface area contributed by atoms with Crippen LogP contribution >= 0.6 is 0 Å². The normalized spacial score (nSPS) is 14.8. The molecule has 3 rings (SSSR count). The number of carbonyl (C=O) groups is 1. The number of rotatable bonds is 8. The van der Waals surface area contributed by atoms with Crippen molar-refractivity contribution in [1.29, 1.82) is 0 Å². The maximum Gasteiger partial charge on any atom is 0.237 e. The number of piperazine rings is 1. The van der Waals surface area contributed by atoms with Gasteiger partial charge >= 0.3 is 0 Å². The van der Waals surface area contributed by atoms with Crippen LogP contribution in [0.25, 0.3) is 0 Å². The van der Waals surface area contributed by atoms with Crippen LogP contribution in [0.5, 0.6) is 5.75 Å². The highest BCUT2D eigenvalue weighted by Crippen LogP contribution is 2.19. The Bertz CT molecular complexity index is 728. The predicted molar refractivity (Wildman–Crippen MR) is 110 cm³/mol. The van der Waals surface area contributed by atoms with Gasteiger partial charge in [0.25, 0.3) is 0 Å². The molecule has 6 nitrogen and oxygen atoms in total. The minimum absolute atomic E-state index is 0.138. The molecule has 2 aromatic carbocycles. The molecule has 1 fully saturated rings. The lowest BCUT2D eigenvalue weighted by Crippen LogP contribution is -2.50. The van der Waals surface area contributed by atoms with Crippen molar-refractivity contribution < 1.29 is 14.6 Å². The molecule has 1 aliphatic rings. The first-order chi connectivity index (χ1) is 13.7. The van der Waals surface area contributed by atoms with Gasteiger partial charge in [-0.1, -0.05) is 30.3 Å². The minimum Gasteiger partial charge on any atom is -0.508 e. The van der Waals surface area contributed by atoms with Gasteiger partial charge in [0.15, 0.2) is 0 Å². The maximum atomic E-state index is 12.9. The molecule has 0 spiro atoms. The summed E-state index contributed by atoms with van der Waals surface area (Å²) in [7, 11) is 1.66. The van der Waals surface area contributed by atoms with Crippen LogP contribution < -0.4 is 4.90 Å². The van der Waals surface area contributed by atoms with E-state index in [4.69, 9.17) is 4.74 Å². The summed E-state index contributed by atoms with van der Waals surface area (Å²) in [5, 5.41) is 9.44. The number of anilines is 1. The number of phenols is 1. The Morgan fingerprint density at radius 2 is 1.71 bits per heavy atom. The Hall–Kier alpha value is -2.57. The quantitative estimate of drug-likeness (QED) is 0.757. The van der Waals surface area contributed by atoms with Gasteiger partial charge in [-0.05, 0) is 29.8 Å². The summed E-state index contributed by atoms with van der Waals surface area (Å²) in [5.41, 5.74) is 2.23. The number of nitrogens with zero attached hydrogens (tertiary/aromatic N) is 3. The summed E-state index contributed by atoms with van der Waals surface area (Å²) in [4.78, 5) is 19.3. The van der Waals surface area contributed by atoms with Gasteiger partial charge in [-0.25, -0.2) is 0 Å². The second-order valence-electron chi connectivity index (χ2n) is 7.07. The summed E-state index contributed by atoms with van der Waals surface area (Å²) in [6.07, 6.45) is 0. The SMILES string of the molecule is COCCN(Cc1ccccc1)C(=O)CN1CCN(c2ccc(O)cc2)CC1. The van der Waals surface area contributed by atoms with Gasteiger partial charge in [0, 0.05) is 52.1 Å². The van der Waals surface area contributed by atoms with Crippen LogP contribution in [0.2, 0.25) is 0 Å². The molecule has 6 heteroatoms. The van der Waals surface area contributed by atoms with Crippen LogP contribution in [0.1, 0.15) is 5.56 Å². The molecular formula is C22H29N3O3. The molecule has 28 heavy (non-hydrogen) atoms. The Labute approximate surface area is 166 Å². The fourth-order valence-corrected chi connectivity index (χ4v) is 3.42. The first-order valence-electron chi connectivity index (χ1n) is 9.72. The number of amides is 1. The number of carbonyl (C=O) groups excluding carboxylic acids is 1.